The predicted octanol–water partition coefficient (Wildman–Crippen LogP) is 3.28. The second-order valence-electron chi connectivity index (χ2n) is 5.05. The minimum atomic E-state index is 0.745. The monoisotopic (exact) mass is 222 g/mol. The lowest BCUT2D eigenvalue weighted by atomic mass is 9.98. The molecule has 1 unspecified atom stereocenters. The molecule has 0 aliphatic carbocycles. The summed E-state index contributed by atoms with van der Waals surface area (Å²) in [5.74, 6) is 1.50. The van der Waals surface area contributed by atoms with Gasteiger partial charge in [0.1, 0.15) is 0 Å². The number of hydrogen-bond donors (Lipinski definition) is 1. The molecular weight excluding hydrogens is 196 g/mol. The van der Waals surface area contributed by atoms with Crippen molar-refractivity contribution in [3.8, 4) is 0 Å². The van der Waals surface area contributed by atoms with E-state index in [1.54, 1.807) is 0 Å². The van der Waals surface area contributed by atoms with Gasteiger partial charge in [-0.3, -0.25) is 0 Å². The van der Waals surface area contributed by atoms with E-state index in [-0.39, 0.29) is 0 Å². The van der Waals surface area contributed by atoms with E-state index in [0.29, 0.717) is 0 Å². The standard InChI is InChI=1S/C14H26N2/c1-5-8-16-9-6-7-14(16)11-15-10-13(4)12(2)3/h6-7,9,12-13,15H,5,8,10-11H2,1-4H3. The Morgan fingerprint density at radius 3 is 2.69 bits per heavy atom. The third-order valence-electron chi connectivity index (χ3n) is 3.30. The highest BCUT2D eigenvalue weighted by molar-refractivity contribution is 5.06. The van der Waals surface area contributed by atoms with Gasteiger partial charge in [-0.1, -0.05) is 27.7 Å². The van der Waals surface area contributed by atoms with Crippen LogP contribution in [0.25, 0.3) is 0 Å². The first-order valence-corrected chi connectivity index (χ1v) is 6.49. The van der Waals surface area contributed by atoms with Crippen LogP contribution in [0.1, 0.15) is 39.8 Å². The normalized spacial score (nSPS) is 13.3. The molecule has 1 N–H and O–H groups in total. The van der Waals surface area contributed by atoms with Crippen LogP contribution >= 0.6 is 0 Å². The fourth-order valence-corrected chi connectivity index (χ4v) is 1.73. The number of nitrogens with one attached hydrogen (secondary N) is 1. The van der Waals surface area contributed by atoms with Crippen molar-refractivity contribution in [2.24, 2.45) is 11.8 Å². The summed E-state index contributed by atoms with van der Waals surface area (Å²) in [4.78, 5) is 0. The summed E-state index contributed by atoms with van der Waals surface area (Å²) in [6.45, 7) is 12.3. The number of hydrogen-bond acceptors (Lipinski definition) is 1. The third-order valence-corrected chi connectivity index (χ3v) is 3.30. The van der Waals surface area contributed by atoms with E-state index in [2.05, 4.69) is 55.9 Å². The molecule has 1 atom stereocenters. The highest BCUT2D eigenvalue weighted by Gasteiger charge is 2.06. The topological polar surface area (TPSA) is 17.0 Å². The van der Waals surface area contributed by atoms with Crippen LogP contribution in [0.4, 0.5) is 0 Å². The van der Waals surface area contributed by atoms with Crippen LogP contribution in [-0.4, -0.2) is 11.1 Å². The summed E-state index contributed by atoms with van der Waals surface area (Å²) in [6.07, 6.45) is 3.37. The molecule has 1 aromatic heterocycles. The summed E-state index contributed by atoms with van der Waals surface area (Å²) in [7, 11) is 0. The maximum Gasteiger partial charge on any atom is 0.0359 e. The fourth-order valence-electron chi connectivity index (χ4n) is 1.73. The molecule has 0 saturated heterocycles. The van der Waals surface area contributed by atoms with Crippen LogP contribution in [0.5, 0.6) is 0 Å². The van der Waals surface area contributed by atoms with Gasteiger partial charge in [0.2, 0.25) is 0 Å². The Labute approximate surface area is 100 Å². The number of rotatable bonds is 7. The smallest absolute Gasteiger partial charge is 0.0359 e. The maximum absolute atomic E-state index is 3.55. The average molecular weight is 222 g/mol. The third kappa shape index (κ3) is 4.01. The van der Waals surface area contributed by atoms with Crippen LogP contribution < -0.4 is 5.32 Å². The predicted molar refractivity (Wildman–Crippen MR) is 70.4 cm³/mol. The fraction of sp³-hybridized carbons (Fsp3) is 0.714. The van der Waals surface area contributed by atoms with E-state index in [1.165, 1.54) is 12.1 Å². The SMILES string of the molecule is CCCn1cccc1CNCC(C)C(C)C. The molecule has 1 heterocycles. The van der Waals surface area contributed by atoms with E-state index in [9.17, 15) is 0 Å². The van der Waals surface area contributed by atoms with Crippen molar-refractivity contribution >= 4 is 0 Å². The van der Waals surface area contributed by atoms with Gasteiger partial charge in [0.15, 0.2) is 0 Å². The lowest BCUT2D eigenvalue weighted by molar-refractivity contribution is 0.390. The van der Waals surface area contributed by atoms with Crippen LogP contribution in [0, 0.1) is 11.8 Å². The zero-order chi connectivity index (χ0) is 12.0. The lowest BCUT2D eigenvalue weighted by Gasteiger charge is -2.16. The van der Waals surface area contributed by atoms with E-state index in [4.69, 9.17) is 0 Å². The van der Waals surface area contributed by atoms with Gasteiger partial charge in [0.05, 0.1) is 0 Å². The summed E-state index contributed by atoms with van der Waals surface area (Å²) >= 11 is 0. The number of nitrogens with zero attached hydrogens (tertiary/aromatic N) is 1. The molecule has 1 aromatic rings. The molecular formula is C14H26N2. The molecule has 0 spiro atoms. The Bertz CT molecular complexity index is 289. The second-order valence-corrected chi connectivity index (χ2v) is 5.05. The summed E-state index contributed by atoms with van der Waals surface area (Å²) in [5.41, 5.74) is 1.40. The van der Waals surface area contributed by atoms with Gasteiger partial charge in [-0.15, -0.1) is 0 Å². The number of aryl methyl sites for hydroxylation is 1. The molecule has 0 aromatic carbocycles. The van der Waals surface area contributed by atoms with E-state index >= 15 is 0 Å². The molecule has 1 rings (SSSR count). The van der Waals surface area contributed by atoms with Crippen molar-refractivity contribution in [3.63, 3.8) is 0 Å². The van der Waals surface area contributed by atoms with Crippen molar-refractivity contribution in [2.75, 3.05) is 6.54 Å². The first-order chi connectivity index (χ1) is 7.65. The minimum absolute atomic E-state index is 0.745. The van der Waals surface area contributed by atoms with Gasteiger partial charge in [-0.25, -0.2) is 0 Å². The summed E-state index contributed by atoms with van der Waals surface area (Å²) < 4.78 is 2.34. The maximum atomic E-state index is 3.55. The highest BCUT2D eigenvalue weighted by Crippen LogP contribution is 2.08. The van der Waals surface area contributed by atoms with Crippen LogP contribution in [0.3, 0.4) is 0 Å². The van der Waals surface area contributed by atoms with Crippen LogP contribution in [-0.2, 0) is 13.1 Å². The van der Waals surface area contributed by atoms with Crippen molar-refractivity contribution in [1.29, 1.82) is 0 Å². The zero-order valence-electron chi connectivity index (χ0n) is 11.2. The lowest BCUT2D eigenvalue weighted by Crippen LogP contribution is -2.24. The quantitative estimate of drug-likeness (QED) is 0.749. The average Bonchev–Trinajstić information content (AvgIpc) is 2.66. The first kappa shape index (κ1) is 13.3. The van der Waals surface area contributed by atoms with Gasteiger partial charge < -0.3 is 9.88 Å². The van der Waals surface area contributed by atoms with E-state index < -0.39 is 0 Å². The van der Waals surface area contributed by atoms with Crippen molar-refractivity contribution < 1.29 is 0 Å². The molecule has 0 aliphatic rings. The highest BCUT2D eigenvalue weighted by atomic mass is 15.0. The molecule has 0 aliphatic heterocycles. The molecule has 2 nitrogen and oxygen atoms in total. The Kier molecular flexibility index (Phi) is 5.61. The van der Waals surface area contributed by atoms with Crippen molar-refractivity contribution in [3.05, 3.63) is 24.0 Å². The van der Waals surface area contributed by atoms with Crippen LogP contribution in [0.2, 0.25) is 0 Å². The van der Waals surface area contributed by atoms with E-state index in [1.807, 2.05) is 0 Å². The zero-order valence-corrected chi connectivity index (χ0v) is 11.2. The first-order valence-electron chi connectivity index (χ1n) is 6.49. The summed E-state index contributed by atoms with van der Waals surface area (Å²) in [5, 5.41) is 3.55. The van der Waals surface area contributed by atoms with Gasteiger partial charge in [0.25, 0.3) is 0 Å². The van der Waals surface area contributed by atoms with Gasteiger partial charge >= 0.3 is 0 Å². The molecule has 16 heavy (non-hydrogen) atoms. The Morgan fingerprint density at radius 1 is 1.31 bits per heavy atom. The molecule has 2 heteroatoms. The molecule has 0 bridgehead atoms. The van der Waals surface area contributed by atoms with Gasteiger partial charge in [0, 0.05) is 25.0 Å². The van der Waals surface area contributed by atoms with Crippen molar-refractivity contribution in [2.45, 2.75) is 47.2 Å². The largest absolute Gasteiger partial charge is 0.350 e. The molecule has 0 radical (unpaired) electrons. The Morgan fingerprint density at radius 2 is 2.06 bits per heavy atom. The molecule has 0 amide bonds. The van der Waals surface area contributed by atoms with Gasteiger partial charge in [-0.2, -0.15) is 0 Å². The molecule has 92 valence electrons. The van der Waals surface area contributed by atoms with Gasteiger partial charge in [-0.05, 0) is 36.9 Å². The molecule has 0 fully saturated rings. The minimum Gasteiger partial charge on any atom is -0.350 e. The molecule has 0 saturated carbocycles. The Hall–Kier alpha value is -0.760. The Balaban J connectivity index is 2.34. The second kappa shape index (κ2) is 6.74. The summed E-state index contributed by atoms with van der Waals surface area (Å²) in [6, 6.07) is 4.35. The van der Waals surface area contributed by atoms with Crippen LogP contribution in [0.15, 0.2) is 18.3 Å². The number of aromatic nitrogens is 1. The van der Waals surface area contributed by atoms with Crippen molar-refractivity contribution in [1.82, 2.24) is 9.88 Å². The van der Waals surface area contributed by atoms with E-state index in [0.717, 1.165) is 31.5 Å².